The van der Waals surface area contributed by atoms with Crippen molar-refractivity contribution in [3.63, 3.8) is 0 Å². The van der Waals surface area contributed by atoms with Crippen molar-refractivity contribution in [3.8, 4) is 5.75 Å². The van der Waals surface area contributed by atoms with Gasteiger partial charge in [-0.15, -0.1) is 12.4 Å². The van der Waals surface area contributed by atoms with E-state index in [1.165, 1.54) is 5.56 Å². The molecule has 0 saturated carbocycles. The van der Waals surface area contributed by atoms with Gasteiger partial charge in [-0.3, -0.25) is 4.79 Å². The summed E-state index contributed by atoms with van der Waals surface area (Å²) in [5.41, 5.74) is 8.87. The molecule has 100 valence electrons. The lowest BCUT2D eigenvalue weighted by Crippen LogP contribution is -2.31. The van der Waals surface area contributed by atoms with Crippen molar-refractivity contribution in [2.45, 2.75) is 19.3 Å². The fraction of sp³-hybridized carbons (Fsp3) is 0.462. The van der Waals surface area contributed by atoms with Crippen molar-refractivity contribution in [3.05, 3.63) is 23.3 Å². The number of rotatable bonds is 3. The van der Waals surface area contributed by atoms with Crippen LogP contribution in [0.1, 0.15) is 17.5 Å². The SMILES string of the molecule is COc1cc2c(cc1CCN)CCC(=O)N2C.Cl. The minimum absolute atomic E-state index is 0. The minimum atomic E-state index is 0. The summed E-state index contributed by atoms with van der Waals surface area (Å²) in [6, 6.07) is 4.06. The molecular weight excluding hydrogens is 252 g/mol. The molecule has 0 bridgehead atoms. The summed E-state index contributed by atoms with van der Waals surface area (Å²) in [6.07, 6.45) is 2.19. The molecule has 0 aromatic heterocycles. The molecule has 18 heavy (non-hydrogen) atoms. The lowest BCUT2D eigenvalue weighted by molar-refractivity contribution is -0.118. The van der Waals surface area contributed by atoms with E-state index in [4.69, 9.17) is 10.5 Å². The summed E-state index contributed by atoms with van der Waals surface area (Å²) in [4.78, 5) is 13.3. The highest BCUT2D eigenvalue weighted by atomic mass is 35.5. The largest absolute Gasteiger partial charge is 0.496 e. The lowest BCUT2D eigenvalue weighted by atomic mass is 9.97. The van der Waals surface area contributed by atoms with Crippen LogP contribution in [0.25, 0.3) is 0 Å². The summed E-state index contributed by atoms with van der Waals surface area (Å²) in [6.45, 7) is 0.601. The lowest BCUT2D eigenvalue weighted by Gasteiger charge is -2.27. The van der Waals surface area contributed by atoms with Gasteiger partial charge >= 0.3 is 0 Å². The quantitative estimate of drug-likeness (QED) is 0.906. The Morgan fingerprint density at radius 2 is 2.11 bits per heavy atom. The predicted octanol–water partition coefficient (Wildman–Crippen LogP) is 1.53. The van der Waals surface area contributed by atoms with Crippen LogP contribution in [0.15, 0.2) is 12.1 Å². The van der Waals surface area contributed by atoms with E-state index < -0.39 is 0 Å². The zero-order valence-electron chi connectivity index (χ0n) is 10.7. The van der Waals surface area contributed by atoms with Crippen LogP contribution in [0.5, 0.6) is 5.75 Å². The zero-order chi connectivity index (χ0) is 12.4. The molecule has 0 aliphatic carbocycles. The van der Waals surface area contributed by atoms with Crippen molar-refractivity contribution >= 4 is 24.0 Å². The molecule has 4 nitrogen and oxygen atoms in total. The molecule has 0 radical (unpaired) electrons. The summed E-state index contributed by atoms with van der Waals surface area (Å²) in [7, 11) is 3.45. The summed E-state index contributed by atoms with van der Waals surface area (Å²) in [5, 5.41) is 0. The van der Waals surface area contributed by atoms with Gasteiger partial charge in [-0.2, -0.15) is 0 Å². The number of methoxy groups -OCH3 is 1. The van der Waals surface area contributed by atoms with E-state index in [1.54, 1.807) is 12.0 Å². The summed E-state index contributed by atoms with van der Waals surface area (Å²) in [5.74, 6) is 0.974. The number of carbonyl (C=O) groups excluding carboxylic acids is 1. The molecule has 0 fully saturated rings. The highest BCUT2D eigenvalue weighted by Gasteiger charge is 2.22. The normalized spacial score (nSPS) is 13.9. The Hall–Kier alpha value is -1.26. The van der Waals surface area contributed by atoms with Gasteiger partial charge in [0.2, 0.25) is 5.91 Å². The second-order valence-electron chi connectivity index (χ2n) is 4.28. The highest BCUT2D eigenvalue weighted by Crippen LogP contribution is 2.33. The smallest absolute Gasteiger partial charge is 0.227 e. The molecule has 0 atom stereocenters. The summed E-state index contributed by atoms with van der Waals surface area (Å²) >= 11 is 0. The number of hydrogen-bond acceptors (Lipinski definition) is 3. The molecule has 0 spiro atoms. The van der Waals surface area contributed by atoms with Crippen molar-refractivity contribution in [1.29, 1.82) is 0 Å². The predicted molar refractivity (Wildman–Crippen MR) is 74.7 cm³/mol. The molecule has 1 amide bonds. The molecule has 1 aliphatic rings. The van der Waals surface area contributed by atoms with Crippen LogP contribution in [-0.4, -0.2) is 26.6 Å². The maximum Gasteiger partial charge on any atom is 0.227 e. The Balaban J connectivity index is 0.00000162. The van der Waals surface area contributed by atoms with Crippen molar-refractivity contribution < 1.29 is 9.53 Å². The molecular formula is C13H19ClN2O2. The molecule has 1 aromatic rings. The molecule has 1 heterocycles. The number of aryl methyl sites for hydroxylation is 1. The van der Waals surface area contributed by atoms with E-state index in [0.29, 0.717) is 13.0 Å². The van der Waals surface area contributed by atoms with Gasteiger partial charge in [-0.1, -0.05) is 0 Å². The van der Waals surface area contributed by atoms with Crippen LogP contribution in [0.4, 0.5) is 5.69 Å². The van der Waals surface area contributed by atoms with E-state index in [0.717, 1.165) is 29.8 Å². The maximum absolute atomic E-state index is 11.6. The van der Waals surface area contributed by atoms with E-state index in [1.807, 2.05) is 13.1 Å². The molecule has 2 rings (SSSR count). The van der Waals surface area contributed by atoms with Crippen molar-refractivity contribution in [2.24, 2.45) is 5.73 Å². The third-order valence-corrected chi connectivity index (χ3v) is 3.24. The van der Waals surface area contributed by atoms with Crippen LogP contribution >= 0.6 is 12.4 Å². The first-order chi connectivity index (χ1) is 8.17. The molecule has 5 heteroatoms. The third-order valence-electron chi connectivity index (χ3n) is 3.24. The Labute approximate surface area is 114 Å². The number of halogens is 1. The standard InChI is InChI=1S/C13H18N2O2.ClH/c1-15-11-8-12(17-2)10(5-6-14)7-9(11)3-4-13(15)16;/h7-8H,3-6,14H2,1-2H3;1H. The number of carbonyl (C=O) groups is 1. The molecule has 0 unspecified atom stereocenters. The van der Waals surface area contributed by atoms with Gasteiger partial charge in [-0.05, 0) is 36.6 Å². The van der Waals surface area contributed by atoms with E-state index in [9.17, 15) is 4.79 Å². The Morgan fingerprint density at radius 3 is 2.72 bits per heavy atom. The van der Waals surface area contributed by atoms with Gasteiger partial charge < -0.3 is 15.4 Å². The van der Waals surface area contributed by atoms with Crippen LogP contribution in [0.3, 0.4) is 0 Å². The topological polar surface area (TPSA) is 55.6 Å². The average molecular weight is 271 g/mol. The van der Waals surface area contributed by atoms with E-state index >= 15 is 0 Å². The van der Waals surface area contributed by atoms with E-state index in [2.05, 4.69) is 6.07 Å². The number of ether oxygens (including phenoxy) is 1. The van der Waals surface area contributed by atoms with E-state index in [-0.39, 0.29) is 18.3 Å². The number of anilines is 1. The first kappa shape index (κ1) is 14.8. The number of fused-ring (bicyclic) bond motifs is 1. The Kier molecular flexibility index (Phi) is 4.99. The van der Waals surface area contributed by atoms with Gasteiger partial charge in [0.05, 0.1) is 12.8 Å². The van der Waals surface area contributed by atoms with Crippen molar-refractivity contribution in [1.82, 2.24) is 0 Å². The number of nitrogens with zero attached hydrogens (tertiary/aromatic N) is 1. The van der Waals surface area contributed by atoms with Gasteiger partial charge in [0, 0.05) is 19.5 Å². The number of nitrogens with two attached hydrogens (primary N) is 1. The van der Waals surface area contributed by atoms with Crippen LogP contribution in [0.2, 0.25) is 0 Å². The molecule has 1 aliphatic heterocycles. The monoisotopic (exact) mass is 270 g/mol. The second kappa shape index (κ2) is 6.07. The Morgan fingerprint density at radius 1 is 1.39 bits per heavy atom. The minimum Gasteiger partial charge on any atom is -0.496 e. The van der Waals surface area contributed by atoms with Crippen LogP contribution in [-0.2, 0) is 17.6 Å². The molecule has 2 N–H and O–H groups in total. The fourth-order valence-corrected chi connectivity index (χ4v) is 2.26. The highest BCUT2D eigenvalue weighted by molar-refractivity contribution is 5.96. The number of amides is 1. The van der Waals surface area contributed by atoms with Crippen molar-refractivity contribution in [2.75, 3.05) is 25.6 Å². The average Bonchev–Trinajstić information content (AvgIpc) is 2.34. The summed E-state index contributed by atoms with van der Waals surface area (Å²) < 4.78 is 5.35. The Bertz CT molecular complexity index is 449. The van der Waals surface area contributed by atoms with Crippen LogP contribution < -0.4 is 15.4 Å². The second-order valence-corrected chi connectivity index (χ2v) is 4.28. The number of benzene rings is 1. The third kappa shape index (κ3) is 2.60. The zero-order valence-corrected chi connectivity index (χ0v) is 11.5. The van der Waals surface area contributed by atoms with Gasteiger partial charge in [-0.25, -0.2) is 0 Å². The maximum atomic E-state index is 11.6. The first-order valence-corrected chi connectivity index (χ1v) is 5.83. The van der Waals surface area contributed by atoms with Gasteiger partial charge in [0.25, 0.3) is 0 Å². The molecule has 0 saturated heterocycles. The van der Waals surface area contributed by atoms with Gasteiger partial charge in [0.15, 0.2) is 0 Å². The fourth-order valence-electron chi connectivity index (χ4n) is 2.26. The molecule has 1 aromatic carbocycles. The van der Waals surface area contributed by atoms with Gasteiger partial charge in [0.1, 0.15) is 5.75 Å². The first-order valence-electron chi connectivity index (χ1n) is 5.83. The number of hydrogen-bond donors (Lipinski definition) is 1. The van der Waals surface area contributed by atoms with Crippen LogP contribution in [0, 0.1) is 0 Å².